The molecule has 0 aliphatic rings. The summed E-state index contributed by atoms with van der Waals surface area (Å²) in [6, 6.07) is 8.05. The number of nitro benzene ring substituents is 1. The van der Waals surface area contributed by atoms with E-state index in [4.69, 9.17) is 10.6 Å². The molecule has 7 heteroatoms. The first kappa shape index (κ1) is 13.8. The number of nitro groups is 1. The van der Waals surface area contributed by atoms with Gasteiger partial charge in [0.25, 0.3) is 0 Å². The fourth-order valence-corrected chi connectivity index (χ4v) is 1.69. The van der Waals surface area contributed by atoms with Crippen molar-refractivity contribution in [1.82, 2.24) is 4.98 Å². The van der Waals surface area contributed by atoms with Gasteiger partial charge in [-0.1, -0.05) is 13.0 Å². The van der Waals surface area contributed by atoms with Crippen molar-refractivity contribution >= 4 is 11.5 Å². The molecule has 0 radical (unpaired) electrons. The van der Waals surface area contributed by atoms with Gasteiger partial charge in [0.1, 0.15) is 11.6 Å². The minimum atomic E-state index is -0.461. The number of hydrogen-bond donors (Lipinski definition) is 2. The molecular formula is C13H14N4O3. The van der Waals surface area contributed by atoms with Gasteiger partial charge in [0.15, 0.2) is 0 Å². The third-order valence-electron chi connectivity index (χ3n) is 2.74. The van der Waals surface area contributed by atoms with Crippen LogP contribution in [-0.4, -0.2) is 9.91 Å². The molecule has 7 nitrogen and oxygen atoms in total. The summed E-state index contributed by atoms with van der Waals surface area (Å²) >= 11 is 0. The molecule has 0 amide bonds. The number of nitrogen functional groups attached to an aromatic ring is 1. The first-order valence-electron chi connectivity index (χ1n) is 6.02. The second kappa shape index (κ2) is 5.98. The van der Waals surface area contributed by atoms with Crippen LogP contribution < -0.4 is 16.0 Å². The third-order valence-corrected chi connectivity index (χ3v) is 2.74. The van der Waals surface area contributed by atoms with Crippen molar-refractivity contribution < 1.29 is 9.66 Å². The average molecular weight is 274 g/mol. The van der Waals surface area contributed by atoms with Gasteiger partial charge in [-0.05, 0) is 24.1 Å². The Balaban J connectivity index is 2.34. The van der Waals surface area contributed by atoms with Crippen molar-refractivity contribution in [3.05, 3.63) is 52.2 Å². The molecular weight excluding hydrogens is 260 g/mol. The van der Waals surface area contributed by atoms with Crippen LogP contribution in [0.25, 0.3) is 0 Å². The van der Waals surface area contributed by atoms with Crippen LogP contribution in [0.2, 0.25) is 0 Å². The van der Waals surface area contributed by atoms with Gasteiger partial charge in [-0.2, -0.15) is 0 Å². The third kappa shape index (κ3) is 3.01. The molecule has 0 saturated heterocycles. The molecule has 0 fully saturated rings. The average Bonchev–Trinajstić information content (AvgIpc) is 2.47. The maximum absolute atomic E-state index is 11.1. The summed E-state index contributed by atoms with van der Waals surface area (Å²) in [6.45, 7) is 1.93. The van der Waals surface area contributed by atoms with E-state index in [0.717, 1.165) is 12.0 Å². The molecule has 0 aliphatic carbocycles. The van der Waals surface area contributed by atoms with Crippen molar-refractivity contribution in [2.75, 3.05) is 5.43 Å². The molecule has 0 spiro atoms. The molecule has 0 aliphatic heterocycles. The second-order valence-corrected chi connectivity index (χ2v) is 4.04. The zero-order chi connectivity index (χ0) is 14.5. The largest absolute Gasteiger partial charge is 0.450 e. The molecule has 0 unspecified atom stereocenters. The van der Waals surface area contributed by atoms with E-state index in [-0.39, 0.29) is 11.4 Å². The Labute approximate surface area is 115 Å². The Bertz CT molecular complexity index is 631. The molecule has 2 aromatic rings. The lowest BCUT2D eigenvalue weighted by Crippen LogP contribution is -2.08. The van der Waals surface area contributed by atoms with Gasteiger partial charge in [0.05, 0.1) is 4.92 Å². The van der Waals surface area contributed by atoms with Gasteiger partial charge in [-0.15, -0.1) is 0 Å². The normalized spacial score (nSPS) is 10.1. The van der Waals surface area contributed by atoms with Gasteiger partial charge in [0, 0.05) is 18.3 Å². The van der Waals surface area contributed by atoms with Gasteiger partial charge >= 0.3 is 5.69 Å². The predicted octanol–water partition coefficient (Wildman–Crippen LogP) is 2.63. The molecule has 104 valence electrons. The quantitative estimate of drug-likeness (QED) is 0.493. The Morgan fingerprint density at radius 2 is 2.20 bits per heavy atom. The lowest BCUT2D eigenvalue weighted by molar-refractivity contribution is -0.385. The van der Waals surface area contributed by atoms with Crippen LogP contribution in [0.1, 0.15) is 12.5 Å². The van der Waals surface area contributed by atoms with E-state index in [0.29, 0.717) is 11.6 Å². The number of ether oxygens (including phenoxy) is 1. The summed E-state index contributed by atoms with van der Waals surface area (Å²) in [5.74, 6) is 6.26. The topological polar surface area (TPSA) is 103 Å². The van der Waals surface area contributed by atoms with Gasteiger partial charge in [-0.3, -0.25) is 10.1 Å². The Morgan fingerprint density at radius 1 is 1.40 bits per heavy atom. The molecule has 0 bridgehead atoms. The number of nitrogens with two attached hydrogens (primary N) is 1. The number of aromatic nitrogens is 1. The first-order chi connectivity index (χ1) is 9.63. The number of anilines is 1. The van der Waals surface area contributed by atoms with Gasteiger partial charge < -0.3 is 10.2 Å². The number of hydrazine groups is 1. The Morgan fingerprint density at radius 3 is 2.85 bits per heavy atom. The van der Waals surface area contributed by atoms with Gasteiger partial charge in [-0.25, -0.2) is 10.8 Å². The smallest absolute Gasteiger partial charge is 0.311 e. The number of hydrogen-bond acceptors (Lipinski definition) is 6. The maximum Gasteiger partial charge on any atom is 0.311 e. The van der Waals surface area contributed by atoms with Crippen LogP contribution in [0.5, 0.6) is 11.5 Å². The SMILES string of the molecule is CCc1ccc(Oc2ccnc(NN)c2)c([N+](=O)[O-])c1. The minimum Gasteiger partial charge on any atom is -0.450 e. The Hall–Kier alpha value is -2.67. The first-order valence-corrected chi connectivity index (χ1v) is 6.02. The number of nitrogens with one attached hydrogen (secondary N) is 1. The molecule has 3 N–H and O–H groups in total. The lowest BCUT2D eigenvalue weighted by Gasteiger charge is -2.08. The van der Waals surface area contributed by atoms with E-state index in [1.54, 1.807) is 24.3 Å². The predicted molar refractivity (Wildman–Crippen MR) is 74.6 cm³/mol. The van der Waals surface area contributed by atoms with Crippen LogP contribution in [0.4, 0.5) is 11.5 Å². The van der Waals surface area contributed by atoms with Crippen molar-refractivity contribution in [3.63, 3.8) is 0 Å². The fourth-order valence-electron chi connectivity index (χ4n) is 1.69. The van der Waals surface area contributed by atoms with Crippen LogP contribution in [0.15, 0.2) is 36.5 Å². The summed E-state index contributed by atoms with van der Waals surface area (Å²) in [4.78, 5) is 14.6. The molecule has 1 aromatic carbocycles. The van der Waals surface area contributed by atoms with E-state index in [1.807, 2.05) is 6.92 Å². The van der Waals surface area contributed by atoms with Gasteiger partial charge in [0.2, 0.25) is 5.75 Å². The lowest BCUT2D eigenvalue weighted by atomic mass is 10.1. The van der Waals surface area contributed by atoms with Crippen molar-refractivity contribution in [2.45, 2.75) is 13.3 Å². The number of rotatable bonds is 5. The Kier molecular flexibility index (Phi) is 4.11. The monoisotopic (exact) mass is 274 g/mol. The number of benzene rings is 1. The zero-order valence-corrected chi connectivity index (χ0v) is 10.9. The van der Waals surface area contributed by atoms with E-state index >= 15 is 0 Å². The second-order valence-electron chi connectivity index (χ2n) is 4.04. The molecule has 0 atom stereocenters. The van der Waals surface area contributed by atoms with Crippen LogP contribution in [0.3, 0.4) is 0 Å². The van der Waals surface area contributed by atoms with E-state index < -0.39 is 4.92 Å². The van der Waals surface area contributed by atoms with E-state index in [9.17, 15) is 10.1 Å². The zero-order valence-electron chi connectivity index (χ0n) is 10.9. The highest BCUT2D eigenvalue weighted by atomic mass is 16.6. The van der Waals surface area contributed by atoms with Crippen LogP contribution in [-0.2, 0) is 6.42 Å². The minimum absolute atomic E-state index is 0.0663. The molecule has 0 saturated carbocycles. The van der Waals surface area contributed by atoms with E-state index in [1.165, 1.54) is 12.3 Å². The summed E-state index contributed by atoms with van der Waals surface area (Å²) in [7, 11) is 0. The number of pyridine rings is 1. The number of aryl methyl sites for hydroxylation is 1. The molecule has 1 aromatic heterocycles. The van der Waals surface area contributed by atoms with Crippen molar-refractivity contribution in [3.8, 4) is 11.5 Å². The fraction of sp³-hybridized carbons (Fsp3) is 0.154. The van der Waals surface area contributed by atoms with Crippen molar-refractivity contribution in [1.29, 1.82) is 0 Å². The summed E-state index contributed by atoms with van der Waals surface area (Å²) in [5, 5.41) is 11.1. The highest BCUT2D eigenvalue weighted by Crippen LogP contribution is 2.32. The molecule has 1 heterocycles. The standard InChI is InChI=1S/C13H14N4O3/c1-2-9-3-4-12(11(7-9)17(18)19)20-10-5-6-15-13(8-10)16-14/h3-8H,2,14H2,1H3,(H,15,16). The highest BCUT2D eigenvalue weighted by Gasteiger charge is 2.16. The molecule has 2 rings (SSSR count). The summed E-state index contributed by atoms with van der Waals surface area (Å²) in [6.07, 6.45) is 2.22. The van der Waals surface area contributed by atoms with Crippen LogP contribution >= 0.6 is 0 Å². The van der Waals surface area contributed by atoms with E-state index in [2.05, 4.69) is 10.4 Å². The maximum atomic E-state index is 11.1. The highest BCUT2D eigenvalue weighted by molar-refractivity contribution is 5.51. The molecule has 20 heavy (non-hydrogen) atoms. The van der Waals surface area contributed by atoms with Crippen LogP contribution in [0, 0.1) is 10.1 Å². The van der Waals surface area contributed by atoms with Crippen molar-refractivity contribution in [2.24, 2.45) is 5.84 Å². The summed E-state index contributed by atoms with van der Waals surface area (Å²) < 4.78 is 5.54. The number of nitrogens with zero attached hydrogens (tertiary/aromatic N) is 2. The summed E-state index contributed by atoms with van der Waals surface area (Å²) in [5.41, 5.74) is 3.20.